The van der Waals surface area contributed by atoms with Crippen LogP contribution in [0.3, 0.4) is 0 Å². The first kappa shape index (κ1) is 41.8. The van der Waals surface area contributed by atoms with Gasteiger partial charge in [-0.3, -0.25) is 23.7 Å². The number of likely N-dealkylation sites (tertiary alicyclic amines) is 1. The van der Waals surface area contributed by atoms with Crippen molar-refractivity contribution in [3.05, 3.63) is 49.6 Å². The van der Waals surface area contributed by atoms with Crippen LogP contribution in [0.4, 0.5) is 4.79 Å². The third-order valence-corrected chi connectivity index (χ3v) is 13.0. The molecule has 2 aromatic rings. The van der Waals surface area contributed by atoms with Crippen LogP contribution in [0.15, 0.2) is 49.6 Å². The quantitative estimate of drug-likeness (QED) is 0.154. The molecule has 1 aromatic heterocycles. The van der Waals surface area contributed by atoms with Crippen LogP contribution in [0.2, 0.25) is 0 Å². The van der Waals surface area contributed by atoms with Gasteiger partial charge in [0.15, 0.2) is 0 Å². The lowest BCUT2D eigenvalue weighted by atomic mass is 9.85. The van der Waals surface area contributed by atoms with Gasteiger partial charge in [-0.1, -0.05) is 58.4 Å². The number of alkyl carbamates (subject to hydrolysis) is 1. The van der Waals surface area contributed by atoms with Crippen LogP contribution in [-0.4, -0.2) is 87.3 Å². The van der Waals surface area contributed by atoms with Crippen LogP contribution in [-0.2, 0) is 35.7 Å². The Morgan fingerprint density at radius 1 is 1.07 bits per heavy atom. The molecule has 15 heteroatoms. The van der Waals surface area contributed by atoms with Crippen LogP contribution in [0, 0.1) is 11.3 Å². The average molecular weight is 783 g/mol. The van der Waals surface area contributed by atoms with E-state index in [1.165, 1.54) is 4.90 Å². The van der Waals surface area contributed by atoms with Gasteiger partial charge in [-0.2, -0.15) is 4.98 Å². The number of amides is 4. The number of nitrogens with zero attached hydrogens (tertiary/aromatic N) is 3. The highest BCUT2D eigenvalue weighted by Crippen LogP contribution is 2.50. The number of benzene rings is 1. The van der Waals surface area contributed by atoms with Gasteiger partial charge in [0.2, 0.25) is 21.8 Å². The molecule has 1 unspecified atom stereocenters. The molecule has 1 saturated heterocycles. The van der Waals surface area contributed by atoms with Crippen molar-refractivity contribution >= 4 is 44.9 Å². The molecule has 55 heavy (non-hydrogen) atoms. The van der Waals surface area contributed by atoms with E-state index in [2.05, 4.69) is 33.5 Å². The second-order valence-electron chi connectivity index (χ2n) is 17.3. The number of sulfonamides is 1. The zero-order valence-electron chi connectivity index (χ0n) is 33.3. The fourth-order valence-corrected chi connectivity index (χ4v) is 9.20. The molecular weight excluding hydrogens is 725 g/mol. The van der Waals surface area contributed by atoms with E-state index in [0.717, 1.165) is 5.52 Å². The van der Waals surface area contributed by atoms with Gasteiger partial charge < -0.3 is 25.0 Å². The predicted octanol–water partition coefficient (Wildman–Crippen LogP) is 5.13. The summed E-state index contributed by atoms with van der Waals surface area (Å²) in [5, 5.41) is 5.63. The molecule has 302 valence electrons. The van der Waals surface area contributed by atoms with Crippen molar-refractivity contribution in [3.8, 4) is 6.01 Å². The van der Waals surface area contributed by atoms with E-state index < -0.39 is 73.3 Å². The topological polar surface area (TPSA) is 178 Å². The van der Waals surface area contributed by atoms with E-state index >= 15 is 0 Å². The molecule has 5 rings (SSSR count). The van der Waals surface area contributed by atoms with Crippen LogP contribution >= 0.6 is 0 Å². The first-order valence-electron chi connectivity index (χ1n) is 19.2. The van der Waals surface area contributed by atoms with E-state index in [1.54, 1.807) is 53.7 Å². The number of nitrogens with one attached hydrogen (secondary N) is 3. The van der Waals surface area contributed by atoms with Crippen LogP contribution in [0.5, 0.6) is 6.01 Å². The third kappa shape index (κ3) is 9.02. The molecule has 3 N–H and O–H groups in total. The average Bonchev–Trinajstić information content (AvgIpc) is 3.96. The number of imidazole rings is 1. The standard InChI is InChI=1S/C40H58N6O8S/c1-10-13-16-19-39(20-21-39)55(51,52)44-34(49)40(24-26(40)12-3)43-32(47)30-23-27(53-35-41-28-17-14-15-18-29(28)45(35)22-11-2)25-46(30)33(48)31(37(4,5)6)42-36(50)54-38(7,8)9/h10-11,14-15,17-18,26-27,30-31H,1-2,12-13,16,19-25H2,3-9H3,(H,42,50)(H,43,47)(H,44,49)/t26-,27-,30+,31?,40-/m1/s1. The Kier molecular flexibility index (Phi) is 11.9. The normalized spacial score (nSPS) is 23.7. The van der Waals surface area contributed by atoms with Crippen LogP contribution in [0.1, 0.15) is 99.8 Å². The van der Waals surface area contributed by atoms with Gasteiger partial charge in [-0.15, -0.1) is 13.2 Å². The fourth-order valence-electron chi connectivity index (χ4n) is 7.51. The number of ether oxygens (including phenoxy) is 2. The molecule has 3 aliphatic rings. The number of unbranched alkanes of at least 4 members (excludes halogenated alkanes) is 1. The molecule has 2 saturated carbocycles. The third-order valence-electron chi connectivity index (χ3n) is 10.8. The SMILES string of the molecule is C=CCCCC1(S(=O)(=O)NC(=O)[C@@]2(NC(=O)[C@@H]3C[C@@H](Oc4nc5ccccc5n4CC=C)CN3C(=O)C(NC(=O)OC(C)(C)C)C(C)(C)C)C[C@H]2CC)CC1. The molecule has 1 aromatic carbocycles. The van der Waals surface area contributed by atoms with Crippen molar-refractivity contribution in [2.24, 2.45) is 11.3 Å². The van der Waals surface area contributed by atoms with Gasteiger partial charge in [0.1, 0.15) is 29.3 Å². The molecule has 5 atom stereocenters. The van der Waals surface area contributed by atoms with Gasteiger partial charge >= 0.3 is 6.09 Å². The molecule has 2 aliphatic carbocycles. The van der Waals surface area contributed by atoms with Gasteiger partial charge in [0.25, 0.3) is 11.9 Å². The minimum atomic E-state index is -4.04. The van der Waals surface area contributed by atoms with Gasteiger partial charge in [-0.05, 0) is 82.8 Å². The van der Waals surface area contributed by atoms with E-state index in [0.29, 0.717) is 50.6 Å². The van der Waals surface area contributed by atoms with Gasteiger partial charge in [-0.25, -0.2) is 13.2 Å². The highest BCUT2D eigenvalue weighted by atomic mass is 32.2. The van der Waals surface area contributed by atoms with Crippen molar-refractivity contribution in [1.29, 1.82) is 0 Å². The fraction of sp³-hybridized carbons (Fsp3) is 0.625. The summed E-state index contributed by atoms with van der Waals surface area (Å²) in [6.07, 6.45) is 5.38. The Hall–Kier alpha value is -4.40. The molecule has 2 heterocycles. The first-order valence-corrected chi connectivity index (χ1v) is 20.7. The van der Waals surface area contributed by atoms with Crippen molar-refractivity contribution in [2.75, 3.05) is 6.54 Å². The molecule has 1 aliphatic heterocycles. The summed E-state index contributed by atoms with van der Waals surface area (Å²) in [4.78, 5) is 62.1. The molecule has 4 amide bonds. The number of carbonyl (C=O) groups is 4. The van der Waals surface area contributed by atoms with Crippen LogP contribution in [0.25, 0.3) is 11.0 Å². The summed E-state index contributed by atoms with van der Waals surface area (Å²) in [5.74, 6) is -2.25. The minimum Gasteiger partial charge on any atom is -0.459 e. The summed E-state index contributed by atoms with van der Waals surface area (Å²) in [6, 6.07) is 5.57. The lowest BCUT2D eigenvalue weighted by molar-refractivity contribution is -0.143. The smallest absolute Gasteiger partial charge is 0.408 e. The number of hydrogen-bond acceptors (Lipinski definition) is 9. The van der Waals surface area contributed by atoms with Crippen LogP contribution < -0.4 is 20.1 Å². The summed E-state index contributed by atoms with van der Waals surface area (Å²) in [7, 11) is -4.04. The number of rotatable bonds is 16. The number of carbonyl (C=O) groups excluding carboxylic acids is 4. The Morgan fingerprint density at radius 3 is 2.35 bits per heavy atom. The molecule has 0 bridgehead atoms. The van der Waals surface area contributed by atoms with Crippen molar-refractivity contribution in [1.82, 2.24) is 29.8 Å². The number of fused-ring (bicyclic) bond motifs is 1. The van der Waals surface area contributed by atoms with E-state index in [9.17, 15) is 27.6 Å². The molecule has 0 spiro atoms. The molecule has 14 nitrogen and oxygen atoms in total. The van der Waals surface area contributed by atoms with Crippen molar-refractivity contribution in [3.63, 3.8) is 0 Å². The number of aromatic nitrogens is 2. The Labute approximate surface area is 324 Å². The predicted molar refractivity (Wildman–Crippen MR) is 209 cm³/mol. The van der Waals surface area contributed by atoms with E-state index in [-0.39, 0.29) is 31.3 Å². The highest BCUT2D eigenvalue weighted by Gasteiger charge is 2.63. The summed E-state index contributed by atoms with van der Waals surface area (Å²) < 4.78 is 42.3. The zero-order chi connectivity index (χ0) is 40.6. The second kappa shape index (κ2) is 15.6. The lowest BCUT2D eigenvalue weighted by Gasteiger charge is -2.36. The maximum absolute atomic E-state index is 14.6. The highest BCUT2D eigenvalue weighted by molar-refractivity contribution is 7.91. The maximum atomic E-state index is 14.6. The van der Waals surface area contributed by atoms with E-state index in [1.807, 2.05) is 35.8 Å². The molecule has 0 radical (unpaired) electrons. The largest absolute Gasteiger partial charge is 0.459 e. The molecular formula is C40H58N6O8S. The van der Waals surface area contributed by atoms with Gasteiger partial charge in [0.05, 0.1) is 22.3 Å². The first-order chi connectivity index (χ1) is 25.7. The van der Waals surface area contributed by atoms with Gasteiger partial charge in [0, 0.05) is 13.0 Å². The number of hydrogen-bond donors (Lipinski definition) is 3. The van der Waals surface area contributed by atoms with E-state index in [4.69, 9.17) is 9.47 Å². The summed E-state index contributed by atoms with van der Waals surface area (Å²) in [6.45, 7) is 20.4. The van der Waals surface area contributed by atoms with Crippen molar-refractivity contribution < 1.29 is 37.1 Å². The minimum absolute atomic E-state index is 0.0329. The molecule has 3 fully saturated rings. The Morgan fingerprint density at radius 2 is 1.76 bits per heavy atom. The summed E-state index contributed by atoms with van der Waals surface area (Å²) in [5.41, 5.74) is -1.59. The lowest BCUT2D eigenvalue weighted by Crippen LogP contribution is -2.60. The Bertz CT molecular complexity index is 1920. The second-order valence-corrected chi connectivity index (χ2v) is 19.4. The summed E-state index contributed by atoms with van der Waals surface area (Å²) >= 11 is 0. The monoisotopic (exact) mass is 782 g/mol. The number of allylic oxidation sites excluding steroid dienone is 2. The maximum Gasteiger partial charge on any atom is 0.408 e. The number of para-hydroxylation sites is 2. The van der Waals surface area contributed by atoms with Crippen molar-refractivity contribution in [2.45, 2.75) is 140 Å². The Balaban J connectivity index is 1.43. The zero-order valence-corrected chi connectivity index (χ0v) is 34.1.